The van der Waals surface area contributed by atoms with Crippen molar-refractivity contribution in [3.63, 3.8) is 0 Å². The monoisotopic (exact) mass is 348 g/mol. The molecule has 2 N–H and O–H groups in total. The fourth-order valence-corrected chi connectivity index (χ4v) is 2.19. The van der Waals surface area contributed by atoms with Crippen LogP contribution in [0, 0.1) is 0 Å². The normalized spacial score (nSPS) is 12.1. The van der Waals surface area contributed by atoms with E-state index < -0.39 is 6.10 Å². The minimum Gasteiger partial charge on any atom is -0.393 e. The molecule has 6 heteroatoms. The number of rotatable bonds is 5. The van der Waals surface area contributed by atoms with Crippen LogP contribution >= 0.6 is 27.5 Å². The Hall–Kier alpha value is -0.780. The molecular weight excluding hydrogens is 332 g/mol. The van der Waals surface area contributed by atoms with Crippen LogP contribution in [-0.4, -0.2) is 35.7 Å². The predicted octanol–water partition coefficient (Wildman–Crippen LogP) is 3.01. The standard InChI is InChI=1S/C13H18BrClN2O2/c1-9(18)5-6-17(2)13(19)16-8-10-3-4-11(14)7-12(10)15/h3-4,7,9,18H,5-6,8H2,1-2H3,(H,16,19)/t9-/m1/s1. The zero-order valence-electron chi connectivity index (χ0n) is 11.0. The topological polar surface area (TPSA) is 52.6 Å². The molecule has 0 unspecified atom stereocenters. The van der Waals surface area contributed by atoms with Gasteiger partial charge >= 0.3 is 6.03 Å². The van der Waals surface area contributed by atoms with E-state index >= 15 is 0 Å². The number of urea groups is 1. The van der Waals surface area contributed by atoms with Crippen molar-refractivity contribution in [1.29, 1.82) is 0 Å². The number of benzene rings is 1. The smallest absolute Gasteiger partial charge is 0.317 e. The molecular formula is C13H18BrClN2O2. The van der Waals surface area contributed by atoms with Gasteiger partial charge in [0.15, 0.2) is 0 Å². The summed E-state index contributed by atoms with van der Waals surface area (Å²) in [6, 6.07) is 5.35. The minimum atomic E-state index is -0.406. The molecule has 1 atom stereocenters. The van der Waals surface area contributed by atoms with Crippen LogP contribution in [0.3, 0.4) is 0 Å². The van der Waals surface area contributed by atoms with Crippen LogP contribution in [0.25, 0.3) is 0 Å². The van der Waals surface area contributed by atoms with E-state index in [0.717, 1.165) is 10.0 Å². The summed E-state index contributed by atoms with van der Waals surface area (Å²) in [6.07, 6.45) is 0.152. The van der Waals surface area contributed by atoms with Crippen molar-refractivity contribution >= 4 is 33.6 Å². The fourth-order valence-electron chi connectivity index (χ4n) is 1.45. The molecule has 0 spiro atoms. The van der Waals surface area contributed by atoms with E-state index in [2.05, 4.69) is 21.2 Å². The highest BCUT2D eigenvalue weighted by atomic mass is 79.9. The Balaban J connectivity index is 2.45. The van der Waals surface area contributed by atoms with Crippen molar-refractivity contribution in [2.24, 2.45) is 0 Å². The second-order valence-electron chi connectivity index (χ2n) is 4.45. The molecule has 0 aliphatic heterocycles. The molecule has 1 aromatic carbocycles. The molecule has 0 aliphatic carbocycles. The van der Waals surface area contributed by atoms with Crippen molar-refractivity contribution in [3.8, 4) is 0 Å². The second kappa shape index (κ2) is 7.72. The van der Waals surface area contributed by atoms with Crippen LogP contribution in [0.2, 0.25) is 5.02 Å². The number of amides is 2. The first-order chi connectivity index (χ1) is 8.90. The Kier molecular flexibility index (Phi) is 6.62. The van der Waals surface area contributed by atoms with Crippen LogP contribution in [0.5, 0.6) is 0 Å². The first-order valence-electron chi connectivity index (χ1n) is 6.01. The van der Waals surface area contributed by atoms with Crippen LogP contribution in [-0.2, 0) is 6.54 Å². The maximum atomic E-state index is 11.8. The van der Waals surface area contributed by atoms with Crippen LogP contribution in [0.4, 0.5) is 4.79 Å². The lowest BCUT2D eigenvalue weighted by atomic mass is 10.2. The molecule has 0 saturated heterocycles. The van der Waals surface area contributed by atoms with Crippen molar-refractivity contribution in [2.75, 3.05) is 13.6 Å². The summed E-state index contributed by atoms with van der Waals surface area (Å²) in [6.45, 7) is 2.59. The number of hydrogen-bond donors (Lipinski definition) is 2. The minimum absolute atomic E-state index is 0.181. The summed E-state index contributed by atoms with van der Waals surface area (Å²) in [7, 11) is 1.70. The van der Waals surface area contributed by atoms with E-state index in [-0.39, 0.29) is 6.03 Å². The van der Waals surface area contributed by atoms with Gasteiger partial charge in [0.2, 0.25) is 0 Å². The first kappa shape index (κ1) is 16.3. The Labute approximate surface area is 126 Å². The predicted molar refractivity (Wildman–Crippen MR) is 80.3 cm³/mol. The Morgan fingerprint density at radius 3 is 2.84 bits per heavy atom. The third kappa shape index (κ3) is 5.80. The van der Waals surface area contributed by atoms with Gasteiger partial charge in [0, 0.05) is 29.6 Å². The van der Waals surface area contributed by atoms with Gasteiger partial charge in [-0.15, -0.1) is 0 Å². The lowest BCUT2D eigenvalue weighted by molar-refractivity contribution is 0.163. The van der Waals surface area contributed by atoms with Gasteiger partial charge in [0.05, 0.1) is 6.10 Å². The van der Waals surface area contributed by atoms with Crippen molar-refractivity contribution in [2.45, 2.75) is 26.0 Å². The highest BCUT2D eigenvalue weighted by molar-refractivity contribution is 9.10. The molecule has 4 nitrogen and oxygen atoms in total. The summed E-state index contributed by atoms with van der Waals surface area (Å²) >= 11 is 9.40. The number of nitrogens with zero attached hydrogens (tertiary/aromatic N) is 1. The molecule has 0 aromatic heterocycles. The van der Waals surface area contributed by atoms with Gasteiger partial charge in [-0.2, -0.15) is 0 Å². The SMILES string of the molecule is C[C@@H](O)CCN(C)C(=O)NCc1ccc(Br)cc1Cl. The van der Waals surface area contributed by atoms with E-state index in [4.69, 9.17) is 11.6 Å². The molecule has 19 heavy (non-hydrogen) atoms. The van der Waals surface area contributed by atoms with Crippen molar-refractivity contribution in [1.82, 2.24) is 10.2 Å². The molecule has 1 rings (SSSR count). The molecule has 0 saturated carbocycles. The first-order valence-corrected chi connectivity index (χ1v) is 7.18. The zero-order valence-corrected chi connectivity index (χ0v) is 13.3. The highest BCUT2D eigenvalue weighted by Crippen LogP contribution is 2.21. The lowest BCUT2D eigenvalue weighted by Gasteiger charge is -2.19. The quantitative estimate of drug-likeness (QED) is 0.858. The lowest BCUT2D eigenvalue weighted by Crippen LogP contribution is -2.38. The average Bonchev–Trinajstić information content (AvgIpc) is 2.34. The molecule has 1 aromatic rings. The number of halogens is 2. The molecule has 0 fully saturated rings. The van der Waals surface area contributed by atoms with E-state index in [0.29, 0.717) is 24.5 Å². The molecule has 2 amide bonds. The van der Waals surface area contributed by atoms with Crippen LogP contribution in [0.1, 0.15) is 18.9 Å². The van der Waals surface area contributed by atoms with Gasteiger partial charge in [-0.25, -0.2) is 4.79 Å². The zero-order chi connectivity index (χ0) is 14.4. The maximum absolute atomic E-state index is 11.8. The molecule has 0 heterocycles. The van der Waals surface area contributed by atoms with E-state index in [1.165, 1.54) is 0 Å². The number of aliphatic hydroxyl groups is 1. The number of hydrogen-bond acceptors (Lipinski definition) is 2. The molecule has 0 radical (unpaired) electrons. The molecule has 0 aliphatic rings. The fraction of sp³-hybridized carbons (Fsp3) is 0.462. The van der Waals surface area contributed by atoms with Gasteiger partial charge < -0.3 is 15.3 Å². The summed E-state index contributed by atoms with van der Waals surface area (Å²) < 4.78 is 0.904. The van der Waals surface area contributed by atoms with E-state index in [9.17, 15) is 9.90 Å². The van der Waals surface area contributed by atoms with Gasteiger partial charge in [-0.05, 0) is 31.0 Å². The van der Waals surface area contributed by atoms with Crippen LogP contribution < -0.4 is 5.32 Å². The Morgan fingerprint density at radius 2 is 2.26 bits per heavy atom. The summed E-state index contributed by atoms with van der Waals surface area (Å²) in [5.74, 6) is 0. The summed E-state index contributed by atoms with van der Waals surface area (Å²) in [5, 5.41) is 12.6. The summed E-state index contributed by atoms with van der Waals surface area (Å²) in [5.41, 5.74) is 0.863. The van der Waals surface area contributed by atoms with Crippen molar-refractivity contribution < 1.29 is 9.90 Å². The van der Waals surface area contributed by atoms with Gasteiger partial charge in [0.25, 0.3) is 0 Å². The molecule has 0 bridgehead atoms. The van der Waals surface area contributed by atoms with Crippen LogP contribution in [0.15, 0.2) is 22.7 Å². The number of carbonyl (C=O) groups excluding carboxylic acids is 1. The third-order valence-corrected chi connectivity index (χ3v) is 3.52. The van der Waals surface area contributed by atoms with Gasteiger partial charge in [-0.1, -0.05) is 33.6 Å². The largest absolute Gasteiger partial charge is 0.393 e. The van der Waals surface area contributed by atoms with E-state index in [1.54, 1.807) is 24.9 Å². The van der Waals surface area contributed by atoms with Crippen molar-refractivity contribution in [3.05, 3.63) is 33.3 Å². The van der Waals surface area contributed by atoms with Gasteiger partial charge in [-0.3, -0.25) is 0 Å². The van der Waals surface area contributed by atoms with Gasteiger partial charge in [0.1, 0.15) is 0 Å². The average molecular weight is 350 g/mol. The Morgan fingerprint density at radius 1 is 1.58 bits per heavy atom. The third-order valence-electron chi connectivity index (χ3n) is 2.67. The Bertz CT molecular complexity index is 441. The number of nitrogens with one attached hydrogen (secondary N) is 1. The number of aliphatic hydroxyl groups excluding tert-OH is 1. The number of carbonyl (C=O) groups is 1. The second-order valence-corrected chi connectivity index (χ2v) is 5.78. The summed E-state index contributed by atoms with van der Waals surface area (Å²) in [4.78, 5) is 13.3. The molecule has 106 valence electrons. The highest BCUT2D eigenvalue weighted by Gasteiger charge is 2.10. The maximum Gasteiger partial charge on any atom is 0.317 e. The van der Waals surface area contributed by atoms with E-state index in [1.807, 2.05) is 12.1 Å².